The van der Waals surface area contributed by atoms with Gasteiger partial charge in [0, 0.05) is 13.1 Å². The number of likely N-dealkylation sites (tertiary alicyclic amines) is 1. The Hall–Kier alpha value is -1.04. The molecule has 1 aliphatic rings. The van der Waals surface area contributed by atoms with Gasteiger partial charge in [0.05, 0.1) is 6.04 Å². The van der Waals surface area contributed by atoms with Crippen LogP contribution in [0.4, 0.5) is 0 Å². The van der Waals surface area contributed by atoms with Gasteiger partial charge in [-0.25, -0.2) is 0 Å². The van der Waals surface area contributed by atoms with E-state index in [9.17, 15) is 4.79 Å². The Morgan fingerprint density at radius 3 is 2.70 bits per heavy atom. The predicted molar refractivity (Wildman–Crippen MR) is 98.4 cm³/mol. The van der Waals surface area contributed by atoms with Gasteiger partial charge in [-0.05, 0) is 55.8 Å². The van der Waals surface area contributed by atoms with Crippen molar-refractivity contribution in [2.45, 2.75) is 31.8 Å². The van der Waals surface area contributed by atoms with E-state index in [-0.39, 0.29) is 11.9 Å². The van der Waals surface area contributed by atoms with Gasteiger partial charge in [-0.1, -0.05) is 30.3 Å². The van der Waals surface area contributed by atoms with Gasteiger partial charge in [0.2, 0.25) is 5.91 Å². The summed E-state index contributed by atoms with van der Waals surface area (Å²) in [4.78, 5) is 14.4. The van der Waals surface area contributed by atoms with Crippen LogP contribution < -0.4 is 11.1 Å². The number of carbonyl (C=O) groups excluding carboxylic acids is 1. The van der Waals surface area contributed by atoms with E-state index in [4.69, 9.17) is 5.73 Å². The average molecular weight is 336 g/mol. The quantitative estimate of drug-likeness (QED) is 0.764. The Morgan fingerprint density at radius 1 is 1.35 bits per heavy atom. The molecule has 0 aromatic heterocycles. The molecule has 0 spiro atoms. The Morgan fingerprint density at radius 2 is 2.04 bits per heavy atom. The number of hydrogen-bond donors (Lipinski definition) is 2. The Labute approximate surface area is 144 Å². The molecule has 1 amide bonds. The molecule has 1 aromatic carbocycles. The van der Waals surface area contributed by atoms with Crippen LogP contribution >= 0.6 is 11.8 Å². The number of nitrogens with two attached hydrogens (primary N) is 1. The van der Waals surface area contributed by atoms with Crippen molar-refractivity contribution in [1.29, 1.82) is 0 Å². The minimum atomic E-state index is -0.361. The van der Waals surface area contributed by atoms with Crippen LogP contribution in [0.15, 0.2) is 30.3 Å². The Kier molecular flexibility index (Phi) is 7.92. The fraction of sp³-hybridized carbons (Fsp3) is 0.611. The number of nitrogens with zero attached hydrogens (tertiary/aromatic N) is 1. The van der Waals surface area contributed by atoms with E-state index in [0.717, 1.165) is 51.2 Å². The van der Waals surface area contributed by atoms with Gasteiger partial charge in [-0.15, -0.1) is 0 Å². The van der Waals surface area contributed by atoms with Crippen LogP contribution in [0.3, 0.4) is 0 Å². The van der Waals surface area contributed by atoms with E-state index in [2.05, 4.69) is 40.5 Å². The molecule has 1 aromatic rings. The molecule has 4 nitrogen and oxygen atoms in total. The largest absolute Gasteiger partial charge is 0.354 e. The lowest BCUT2D eigenvalue weighted by Gasteiger charge is -2.32. The SMILES string of the molecule is CSCC[C@H](N)C(=O)NCC1CCN(Cc2ccccc2)CC1. The van der Waals surface area contributed by atoms with Crippen LogP contribution in [0.25, 0.3) is 0 Å². The van der Waals surface area contributed by atoms with Crippen LogP contribution in [0.5, 0.6) is 0 Å². The van der Waals surface area contributed by atoms with Crippen LogP contribution in [-0.4, -0.2) is 48.5 Å². The number of hydrogen-bond acceptors (Lipinski definition) is 4. The van der Waals surface area contributed by atoms with Crippen LogP contribution in [-0.2, 0) is 11.3 Å². The second-order valence-corrected chi connectivity index (χ2v) is 7.32. The van der Waals surface area contributed by atoms with E-state index in [0.29, 0.717) is 5.92 Å². The summed E-state index contributed by atoms with van der Waals surface area (Å²) in [6, 6.07) is 10.3. The average Bonchev–Trinajstić information content (AvgIpc) is 2.59. The summed E-state index contributed by atoms with van der Waals surface area (Å²) in [7, 11) is 0. The number of benzene rings is 1. The smallest absolute Gasteiger partial charge is 0.236 e. The molecule has 1 atom stereocenters. The maximum Gasteiger partial charge on any atom is 0.236 e. The van der Waals surface area contributed by atoms with E-state index >= 15 is 0 Å². The summed E-state index contributed by atoms with van der Waals surface area (Å²) in [6.45, 7) is 4.01. The summed E-state index contributed by atoms with van der Waals surface area (Å²) in [5.74, 6) is 1.52. The highest BCUT2D eigenvalue weighted by molar-refractivity contribution is 7.98. The van der Waals surface area contributed by atoms with Gasteiger partial charge >= 0.3 is 0 Å². The second-order valence-electron chi connectivity index (χ2n) is 6.34. The van der Waals surface area contributed by atoms with Crippen LogP contribution in [0.1, 0.15) is 24.8 Å². The minimum absolute atomic E-state index is 0.00534. The molecule has 0 unspecified atom stereocenters. The van der Waals surface area contributed by atoms with Crippen LogP contribution in [0.2, 0.25) is 0 Å². The number of nitrogens with one attached hydrogen (secondary N) is 1. The minimum Gasteiger partial charge on any atom is -0.354 e. The molecule has 3 N–H and O–H groups in total. The first-order valence-electron chi connectivity index (χ1n) is 8.47. The highest BCUT2D eigenvalue weighted by Crippen LogP contribution is 2.18. The van der Waals surface area contributed by atoms with Gasteiger partial charge in [0.25, 0.3) is 0 Å². The van der Waals surface area contributed by atoms with Gasteiger partial charge < -0.3 is 11.1 Å². The van der Waals surface area contributed by atoms with Crippen molar-refractivity contribution in [2.75, 3.05) is 31.6 Å². The zero-order chi connectivity index (χ0) is 16.5. The van der Waals surface area contributed by atoms with E-state index in [1.54, 1.807) is 11.8 Å². The molecule has 128 valence electrons. The molecular weight excluding hydrogens is 306 g/mol. The van der Waals surface area contributed by atoms with Crippen molar-refractivity contribution in [1.82, 2.24) is 10.2 Å². The van der Waals surface area contributed by atoms with E-state index in [1.807, 2.05) is 6.26 Å². The number of piperidine rings is 1. The van der Waals surface area contributed by atoms with Crippen molar-refractivity contribution in [3.05, 3.63) is 35.9 Å². The molecule has 1 fully saturated rings. The van der Waals surface area contributed by atoms with Gasteiger partial charge in [-0.3, -0.25) is 9.69 Å². The monoisotopic (exact) mass is 335 g/mol. The maximum absolute atomic E-state index is 11.9. The van der Waals surface area contributed by atoms with Crippen LogP contribution in [0, 0.1) is 5.92 Å². The Balaban J connectivity index is 1.64. The summed E-state index contributed by atoms with van der Waals surface area (Å²) < 4.78 is 0. The normalized spacial score (nSPS) is 17.8. The highest BCUT2D eigenvalue weighted by Gasteiger charge is 2.21. The van der Waals surface area contributed by atoms with E-state index < -0.39 is 0 Å². The molecule has 5 heteroatoms. The van der Waals surface area contributed by atoms with Crippen molar-refractivity contribution < 1.29 is 4.79 Å². The summed E-state index contributed by atoms with van der Waals surface area (Å²) in [5, 5.41) is 3.03. The number of amides is 1. The summed E-state index contributed by atoms with van der Waals surface area (Å²) >= 11 is 1.73. The Bertz CT molecular complexity index is 461. The van der Waals surface area contributed by atoms with Gasteiger partial charge in [0.1, 0.15) is 0 Å². The molecule has 0 saturated carbocycles. The van der Waals surface area contributed by atoms with Crippen molar-refractivity contribution in [3.8, 4) is 0 Å². The number of carbonyl (C=O) groups is 1. The molecule has 2 rings (SSSR count). The van der Waals surface area contributed by atoms with Gasteiger partial charge in [-0.2, -0.15) is 11.8 Å². The fourth-order valence-corrected chi connectivity index (χ4v) is 3.43. The first-order chi connectivity index (χ1) is 11.2. The first kappa shape index (κ1) is 18.3. The number of rotatable bonds is 8. The standard InChI is InChI=1S/C18H29N3OS/c1-23-12-9-17(19)18(22)20-13-15-7-10-21(11-8-15)14-16-5-3-2-4-6-16/h2-6,15,17H,7-14,19H2,1H3,(H,20,22)/t17-/m0/s1. The highest BCUT2D eigenvalue weighted by atomic mass is 32.2. The number of thioether (sulfide) groups is 1. The zero-order valence-electron chi connectivity index (χ0n) is 14.0. The topological polar surface area (TPSA) is 58.4 Å². The predicted octanol–water partition coefficient (Wildman–Crippen LogP) is 2.10. The van der Waals surface area contributed by atoms with Crippen molar-refractivity contribution in [2.24, 2.45) is 11.7 Å². The molecule has 0 bridgehead atoms. The zero-order valence-corrected chi connectivity index (χ0v) is 14.9. The summed E-state index contributed by atoms with van der Waals surface area (Å²) in [6.07, 6.45) is 5.08. The first-order valence-corrected chi connectivity index (χ1v) is 9.87. The van der Waals surface area contributed by atoms with Gasteiger partial charge in [0.15, 0.2) is 0 Å². The molecule has 1 heterocycles. The molecule has 1 saturated heterocycles. The third kappa shape index (κ3) is 6.53. The third-order valence-corrected chi connectivity index (χ3v) is 5.13. The fourth-order valence-electron chi connectivity index (χ4n) is 2.94. The third-order valence-electron chi connectivity index (χ3n) is 4.49. The van der Waals surface area contributed by atoms with Crippen molar-refractivity contribution in [3.63, 3.8) is 0 Å². The molecule has 1 aliphatic heterocycles. The second kappa shape index (κ2) is 9.96. The maximum atomic E-state index is 11.9. The lowest BCUT2D eigenvalue weighted by atomic mass is 9.96. The molecule has 0 aliphatic carbocycles. The van der Waals surface area contributed by atoms with Crippen molar-refractivity contribution >= 4 is 17.7 Å². The lowest BCUT2D eigenvalue weighted by Crippen LogP contribution is -2.44. The van der Waals surface area contributed by atoms with E-state index in [1.165, 1.54) is 5.56 Å². The molecule has 0 radical (unpaired) electrons. The molecular formula is C18H29N3OS. The molecule has 23 heavy (non-hydrogen) atoms. The lowest BCUT2D eigenvalue weighted by molar-refractivity contribution is -0.122. The summed E-state index contributed by atoms with van der Waals surface area (Å²) in [5.41, 5.74) is 7.27.